The lowest BCUT2D eigenvalue weighted by Crippen LogP contribution is -2.05. The van der Waals surface area contributed by atoms with Crippen molar-refractivity contribution in [3.05, 3.63) is 11.6 Å². The van der Waals surface area contributed by atoms with Crippen LogP contribution in [0.25, 0.3) is 0 Å². The van der Waals surface area contributed by atoms with E-state index in [-0.39, 0.29) is 0 Å². The molecule has 0 spiro atoms. The molecule has 0 aromatic carbocycles. The van der Waals surface area contributed by atoms with E-state index in [0.29, 0.717) is 0 Å². The topological polar surface area (TPSA) is 0 Å². The Morgan fingerprint density at radius 1 is 1.13 bits per heavy atom. The minimum Gasteiger partial charge on any atom is -0.0813 e. The van der Waals surface area contributed by atoms with E-state index in [1.165, 1.54) is 49.9 Å². The summed E-state index contributed by atoms with van der Waals surface area (Å²) in [6.07, 6.45) is 11.5. The summed E-state index contributed by atoms with van der Waals surface area (Å²) < 4.78 is 0. The summed E-state index contributed by atoms with van der Waals surface area (Å²) >= 11 is 0. The molecule has 0 amide bonds. The zero-order valence-electron chi connectivity index (χ0n) is 9.78. The van der Waals surface area contributed by atoms with Gasteiger partial charge >= 0.3 is 0 Å². The van der Waals surface area contributed by atoms with E-state index in [1.54, 1.807) is 6.42 Å². The van der Waals surface area contributed by atoms with Gasteiger partial charge in [0, 0.05) is 0 Å². The summed E-state index contributed by atoms with van der Waals surface area (Å²) in [7, 11) is 0. The Labute approximate surface area is 93.1 Å². The van der Waals surface area contributed by atoms with Gasteiger partial charge in [-0.3, -0.25) is 0 Å². The van der Waals surface area contributed by atoms with Crippen LogP contribution in [-0.2, 0) is 0 Å². The molecule has 15 heavy (non-hydrogen) atoms. The Morgan fingerprint density at radius 2 is 2.07 bits per heavy atom. The average molecular weight is 202 g/mol. The second kappa shape index (κ2) is 2.90. The van der Waals surface area contributed by atoms with Crippen molar-refractivity contribution >= 4 is 0 Å². The van der Waals surface area contributed by atoms with E-state index in [4.69, 9.17) is 0 Å². The van der Waals surface area contributed by atoms with Crippen molar-refractivity contribution in [3.8, 4) is 0 Å². The Balaban J connectivity index is 1.38. The van der Waals surface area contributed by atoms with Crippen molar-refractivity contribution in [3.63, 3.8) is 0 Å². The van der Waals surface area contributed by atoms with Crippen LogP contribution in [0, 0.1) is 35.5 Å². The predicted octanol–water partition coefficient (Wildman–Crippen LogP) is 4.02. The van der Waals surface area contributed by atoms with E-state index in [9.17, 15) is 0 Å². The first kappa shape index (κ1) is 8.84. The third kappa shape index (κ3) is 0.990. The second-order valence-electron chi connectivity index (χ2n) is 6.37. The summed E-state index contributed by atoms with van der Waals surface area (Å²) in [6.45, 7) is 2.31. The fourth-order valence-corrected chi connectivity index (χ4v) is 5.34. The highest BCUT2D eigenvalue weighted by Crippen LogP contribution is 2.80. The van der Waals surface area contributed by atoms with Gasteiger partial charge in [0.1, 0.15) is 0 Å². The van der Waals surface area contributed by atoms with Crippen LogP contribution >= 0.6 is 0 Å². The lowest BCUT2D eigenvalue weighted by atomic mass is 9.91. The molecule has 0 radical (unpaired) electrons. The van der Waals surface area contributed by atoms with Crippen molar-refractivity contribution in [2.45, 2.75) is 45.4 Å². The van der Waals surface area contributed by atoms with Crippen LogP contribution in [0.1, 0.15) is 45.4 Å². The van der Waals surface area contributed by atoms with E-state index in [0.717, 1.165) is 17.8 Å². The van der Waals surface area contributed by atoms with Gasteiger partial charge in [0.2, 0.25) is 0 Å². The molecule has 0 aliphatic heterocycles. The van der Waals surface area contributed by atoms with Crippen LogP contribution in [0.4, 0.5) is 0 Å². The summed E-state index contributed by atoms with van der Waals surface area (Å²) in [5.41, 5.74) is 1.90. The van der Waals surface area contributed by atoms with Crippen LogP contribution in [0.2, 0.25) is 0 Å². The van der Waals surface area contributed by atoms with Crippen molar-refractivity contribution in [1.29, 1.82) is 0 Å². The largest absolute Gasteiger partial charge is 0.0813 e. The Kier molecular flexibility index (Phi) is 1.71. The fourth-order valence-electron chi connectivity index (χ4n) is 5.34. The van der Waals surface area contributed by atoms with Gasteiger partial charge in [-0.05, 0) is 54.8 Å². The molecule has 5 aliphatic rings. The Bertz CT molecular complexity index is 314. The van der Waals surface area contributed by atoms with Gasteiger partial charge in [0.05, 0.1) is 0 Å². The quantitative estimate of drug-likeness (QED) is 0.466. The molecule has 0 saturated heterocycles. The average Bonchev–Trinajstić information content (AvgIpc) is 2.61. The first-order chi connectivity index (χ1) is 7.42. The van der Waals surface area contributed by atoms with Crippen LogP contribution in [0.5, 0.6) is 0 Å². The summed E-state index contributed by atoms with van der Waals surface area (Å²) in [4.78, 5) is 0. The van der Waals surface area contributed by atoms with Gasteiger partial charge in [-0.1, -0.05) is 37.8 Å². The lowest BCUT2D eigenvalue weighted by molar-refractivity contribution is 0.451. The highest BCUT2D eigenvalue weighted by Gasteiger charge is 2.75. The molecule has 0 aromatic rings. The minimum atomic E-state index is 1.08. The molecule has 5 rings (SSSR count). The zero-order valence-corrected chi connectivity index (χ0v) is 9.78. The van der Waals surface area contributed by atoms with E-state index < -0.39 is 0 Å². The third-order valence-electron chi connectivity index (χ3n) is 5.81. The molecule has 0 nitrogen and oxygen atoms in total. The normalized spacial score (nSPS) is 52.5. The van der Waals surface area contributed by atoms with Gasteiger partial charge < -0.3 is 0 Å². The first-order valence-electron chi connectivity index (χ1n) is 7.12. The van der Waals surface area contributed by atoms with Crippen molar-refractivity contribution in [2.75, 3.05) is 0 Å². The number of unbranched alkanes of at least 4 members (excludes halogenated alkanes) is 3. The van der Waals surface area contributed by atoms with Crippen LogP contribution in [0.3, 0.4) is 0 Å². The smallest absolute Gasteiger partial charge is 0.0135 e. The van der Waals surface area contributed by atoms with E-state index in [1.807, 2.05) is 5.57 Å². The number of hydrogen-bond donors (Lipinski definition) is 0. The third-order valence-corrected chi connectivity index (χ3v) is 5.81. The van der Waals surface area contributed by atoms with Gasteiger partial charge in [0.25, 0.3) is 0 Å². The maximum atomic E-state index is 2.72. The first-order valence-corrected chi connectivity index (χ1v) is 7.12. The zero-order chi connectivity index (χ0) is 9.99. The molecular formula is C15H22. The van der Waals surface area contributed by atoms with Crippen LogP contribution < -0.4 is 0 Å². The molecule has 5 aliphatic carbocycles. The Hall–Kier alpha value is -0.260. The molecule has 4 saturated carbocycles. The molecule has 4 fully saturated rings. The maximum absolute atomic E-state index is 2.72. The predicted molar refractivity (Wildman–Crippen MR) is 62.4 cm³/mol. The van der Waals surface area contributed by atoms with Gasteiger partial charge in [-0.2, -0.15) is 0 Å². The van der Waals surface area contributed by atoms with E-state index in [2.05, 4.69) is 13.0 Å². The highest BCUT2D eigenvalue weighted by atomic mass is 14.8. The number of allylic oxidation sites excluding steroid dienone is 2. The molecule has 0 heterocycles. The van der Waals surface area contributed by atoms with Gasteiger partial charge in [-0.25, -0.2) is 0 Å². The van der Waals surface area contributed by atoms with Gasteiger partial charge in [0.15, 0.2) is 0 Å². The monoisotopic (exact) mass is 202 g/mol. The molecule has 6 atom stereocenters. The minimum absolute atomic E-state index is 1.08. The molecular weight excluding hydrogens is 180 g/mol. The molecule has 0 heteroatoms. The number of hydrogen-bond acceptors (Lipinski definition) is 0. The summed E-state index contributed by atoms with van der Waals surface area (Å²) in [5, 5.41) is 0. The lowest BCUT2D eigenvalue weighted by Gasteiger charge is -2.14. The molecule has 6 bridgehead atoms. The molecule has 0 N–H and O–H groups in total. The molecule has 6 unspecified atom stereocenters. The standard InChI is InChI=1S/C15H22/c1-2-3-4-5-6-9-7-10-11-8-12-14(10)15(12)13(9)11/h7,10-15H,2-6,8H2,1H3. The summed E-state index contributed by atoms with van der Waals surface area (Å²) in [6, 6.07) is 0. The van der Waals surface area contributed by atoms with Crippen LogP contribution in [-0.4, -0.2) is 0 Å². The fraction of sp³-hybridized carbons (Fsp3) is 0.867. The second-order valence-corrected chi connectivity index (χ2v) is 6.37. The summed E-state index contributed by atoms with van der Waals surface area (Å²) in [5.74, 6) is 6.92. The highest BCUT2D eigenvalue weighted by molar-refractivity contribution is 5.38. The molecule has 0 aromatic heterocycles. The SMILES string of the molecule is CCCCCCC1=CC2C3CC4C2C4C13. The Morgan fingerprint density at radius 3 is 2.73 bits per heavy atom. The van der Waals surface area contributed by atoms with Crippen molar-refractivity contribution < 1.29 is 0 Å². The van der Waals surface area contributed by atoms with Crippen LogP contribution in [0.15, 0.2) is 11.6 Å². The molecule has 82 valence electrons. The van der Waals surface area contributed by atoms with E-state index >= 15 is 0 Å². The maximum Gasteiger partial charge on any atom is -0.0135 e. The van der Waals surface area contributed by atoms with Gasteiger partial charge in [-0.15, -0.1) is 0 Å². The van der Waals surface area contributed by atoms with Crippen molar-refractivity contribution in [2.24, 2.45) is 35.5 Å². The number of rotatable bonds is 5. The van der Waals surface area contributed by atoms with Crippen molar-refractivity contribution in [1.82, 2.24) is 0 Å².